The van der Waals surface area contributed by atoms with Crippen LogP contribution in [-0.2, 0) is 0 Å². The Morgan fingerprint density at radius 3 is 2.95 bits per heavy atom. The van der Waals surface area contributed by atoms with E-state index in [1.54, 1.807) is 0 Å². The van der Waals surface area contributed by atoms with Crippen LogP contribution in [0.25, 0.3) is 0 Å². The normalized spacial score (nSPS) is 18.2. The second-order valence-electron chi connectivity index (χ2n) is 5.31. The smallest absolute Gasteiger partial charge is 0.122 e. The molecule has 1 aliphatic heterocycles. The molecule has 0 aliphatic carbocycles. The second-order valence-corrected chi connectivity index (χ2v) is 5.31. The minimum absolute atomic E-state index is 0.591. The molecule has 1 aromatic carbocycles. The number of rotatable bonds is 7. The maximum Gasteiger partial charge on any atom is 0.122 e. The summed E-state index contributed by atoms with van der Waals surface area (Å²) in [5.74, 6) is 1.66. The molecule has 1 unspecified atom stereocenters. The molecule has 3 nitrogen and oxygen atoms in total. The van der Waals surface area contributed by atoms with Crippen molar-refractivity contribution in [3.63, 3.8) is 0 Å². The summed E-state index contributed by atoms with van der Waals surface area (Å²) in [5.41, 5.74) is 7.10. The van der Waals surface area contributed by atoms with E-state index in [9.17, 15) is 0 Å². The van der Waals surface area contributed by atoms with Crippen molar-refractivity contribution in [2.45, 2.75) is 32.1 Å². The van der Waals surface area contributed by atoms with Gasteiger partial charge in [-0.3, -0.25) is 0 Å². The van der Waals surface area contributed by atoms with Crippen LogP contribution in [0.1, 0.15) is 37.7 Å². The first-order valence-corrected chi connectivity index (χ1v) is 7.49. The lowest BCUT2D eigenvalue weighted by atomic mass is 9.92. The van der Waals surface area contributed by atoms with Crippen LogP contribution in [0.15, 0.2) is 24.3 Å². The van der Waals surface area contributed by atoms with E-state index in [1.807, 2.05) is 0 Å². The number of fused-ring (bicyclic) bond motifs is 1. The van der Waals surface area contributed by atoms with Gasteiger partial charge in [-0.05, 0) is 31.0 Å². The molecule has 1 aliphatic rings. The molecule has 19 heavy (non-hydrogen) atoms. The summed E-state index contributed by atoms with van der Waals surface area (Å²) in [7, 11) is 0. The summed E-state index contributed by atoms with van der Waals surface area (Å²) < 4.78 is 5.73. The van der Waals surface area contributed by atoms with Gasteiger partial charge in [-0.25, -0.2) is 0 Å². The van der Waals surface area contributed by atoms with Crippen LogP contribution >= 0.6 is 0 Å². The lowest BCUT2D eigenvalue weighted by Crippen LogP contribution is -2.35. The largest absolute Gasteiger partial charge is 0.493 e. The first kappa shape index (κ1) is 14.4. The van der Waals surface area contributed by atoms with Crippen molar-refractivity contribution in [3.05, 3.63) is 29.8 Å². The average Bonchev–Trinajstić information content (AvgIpc) is 2.45. The Kier molecular flexibility index (Phi) is 5.67. The summed E-state index contributed by atoms with van der Waals surface area (Å²) in [6.07, 6.45) is 3.61. The van der Waals surface area contributed by atoms with Gasteiger partial charge in [0, 0.05) is 25.6 Å². The van der Waals surface area contributed by atoms with Crippen LogP contribution in [0.2, 0.25) is 0 Å². The van der Waals surface area contributed by atoms with Crippen molar-refractivity contribution in [3.8, 4) is 5.75 Å². The van der Waals surface area contributed by atoms with Crippen LogP contribution in [0.3, 0.4) is 0 Å². The molecule has 0 radical (unpaired) electrons. The first-order chi connectivity index (χ1) is 9.35. The van der Waals surface area contributed by atoms with Crippen molar-refractivity contribution < 1.29 is 4.74 Å². The fourth-order valence-corrected chi connectivity index (χ4v) is 2.78. The van der Waals surface area contributed by atoms with E-state index in [0.717, 1.165) is 45.0 Å². The molecular weight excluding hydrogens is 236 g/mol. The van der Waals surface area contributed by atoms with Crippen molar-refractivity contribution >= 4 is 0 Å². The lowest BCUT2D eigenvalue weighted by Gasteiger charge is -2.31. The number of ether oxygens (including phenoxy) is 1. The molecule has 1 heterocycles. The van der Waals surface area contributed by atoms with Crippen LogP contribution in [0.4, 0.5) is 0 Å². The van der Waals surface area contributed by atoms with E-state index in [0.29, 0.717) is 5.92 Å². The Hall–Kier alpha value is -1.06. The fourth-order valence-electron chi connectivity index (χ4n) is 2.78. The molecule has 0 spiro atoms. The van der Waals surface area contributed by atoms with Gasteiger partial charge in [0.2, 0.25) is 0 Å². The number of nitrogens with two attached hydrogens (primary N) is 1. The van der Waals surface area contributed by atoms with Crippen molar-refractivity contribution in [2.24, 2.45) is 5.73 Å². The Bertz CT molecular complexity index is 381. The van der Waals surface area contributed by atoms with Crippen LogP contribution in [0.5, 0.6) is 5.75 Å². The summed E-state index contributed by atoms with van der Waals surface area (Å²) in [4.78, 5) is 2.51. The molecule has 2 rings (SSSR count). The SMILES string of the molecule is CCCCN(CCN)CC1CCOc2ccccc21. The van der Waals surface area contributed by atoms with Gasteiger partial charge in [0.1, 0.15) is 5.75 Å². The van der Waals surface area contributed by atoms with Gasteiger partial charge in [0.05, 0.1) is 6.61 Å². The first-order valence-electron chi connectivity index (χ1n) is 7.49. The van der Waals surface area contributed by atoms with E-state index in [1.165, 1.54) is 18.4 Å². The van der Waals surface area contributed by atoms with E-state index in [4.69, 9.17) is 10.5 Å². The van der Waals surface area contributed by atoms with Crippen LogP contribution < -0.4 is 10.5 Å². The molecule has 0 aromatic heterocycles. The van der Waals surface area contributed by atoms with E-state index in [-0.39, 0.29) is 0 Å². The quantitative estimate of drug-likeness (QED) is 0.821. The van der Waals surface area contributed by atoms with Gasteiger partial charge in [-0.15, -0.1) is 0 Å². The number of unbranched alkanes of at least 4 members (excludes halogenated alkanes) is 1. The van der Waals surface area contributed by atoms with Crippen LogP contribution in [0, 0.1) is 0 Å². The van der Waals surface area contributed by atoms with Crippen LogP contribution in [-0.4, -0.2) is 37.7 Å². The summed E-state index contributed by atoms with van der Waals surface area (Å²) >= 11 is 0. The lowest BCUT2D eigenvalue weighted by molar-refractivity contribution is 0.212. The predicted octanol–water partition coefficient (Wildman–Crippen LogP) is 2.61. The Balaban J connectivity index is 2.01. The monoisotopic (exact) mass is 262 g/mol. The van der Waals surface area contributed by atoms with Gasteiger partial charge < -0.3 is 15.4 Å². The highest BCUT2D eigenvalue weighted by Crippen LogP contribution is 2.33. The predicted molar refractivity (Wildman–Crippen MR) is 79.7 cm³/mol. The maximum absolute atomic E-state index is 5.73. The third-order valence-corrected chi connectivity index (χ3v) is 3.83. The summed E-state index contributed by atoms with van der Waals surface area (Å²) in [6.45, 7) is 7.09. The second kappa shape index (κ2) is 7.51. The maximum atomic E-state index is 5.73. The molecule has 106 valence electrons. The van der Waals surface area contributed by atoms with E-state index < -0.39 is 0 Å². The molecule has 1 aromatic rings. The Labute approximate surface area is 116 Å². The standard InChI is InChI=1S/C16H26N2O/c1-2-3-10-18(11-9-17)13-14-8-12-19-16-7-5-4-6-15(14)16/h4-7,14H,2-3,8-13,17H2,1H3. The molecule has 3 heteroatoms. The molecule has 0 saturated carbocycles. The Morgan fingerprint density at radius 2 is 2.16 bits per heavy atom. The molecule has 0 fully saturated rings. The highest BCUT2D eigenvalue weighted by Gasteiger charge is 2.22. The molecule has 1 atom stereocenters. The molecule has 2 N–H and O–H groups in total. The number of para-hydroxylation sites is 1. The zero-order valence-corrected chi connectivity index (χ0v) is 12.0. The molecule has 0 amide bonds. The zero-order valence-electron chi connectivity index (χ0n) is 12.0. The zero-order chi connectivity index (χ0) is 13.5. The highest BCUT2D eigenvalue weighted by molar-refractivity contribution is 5.37. The van der Waals surface area contributed by atoms with Gasteiger partial charge in [0.25, 0.3) is 0 Å². The number of hydrogen-bond acceptors (Lipinski definition) is 3. The minimum Gasteiger partial charge on any atom is -0.493 e. The third-order valence-electron chi connectivity index (χ3n) is 3.83. The van der Waals surface area contributed by atoms with Gasteiger partial charge in [-0.2, -0.15) is 0 Å². The van der Waals surface area contributed by atoms with Gasteiger partial charge in [-0.1, -0.05) is 31.5 Å². The topological polar surface area (TPSA) is 38.5 Å². The molecular formula is C16H26N2O. The highest BCUT2D eigenvalue weighted by atomic mass is 16.5. The number of benzene rings is 1. The number of nitrogens with zero attached hydrogens (tertiary/aromatic N) is 1. The van der Waals surface area contributed by atoms with Gasteiger partial charge >= 0.3 is 0 Å². The van der Waals surface area contributed by atoms with E-state index in [2.05, 4.69) is 36.1 Å². The van der Waals surface area contributed by atoms with E-state index >= 15 is 0 Å². The van der Waals surface area contributed by atoms with Crippen molar-refractivity contribution in [2.75, 3.05) is 32.8 Å². The summed E-state index contributed by atoms with van der Waals surface area (Å²) in [6, 6.07) is 8.45. The Morgan fingerprint density at radius 1 is 1.32 bits per heavy atom. The molecule has 0 saturated heterocycles. The number of hydrogen-bond donors (Lipinski definition) is 1. The third kappa shape index (κ3) is 3.95. The fraction of sp³-hybridized carbons (Fsp3) is 0.625. The molecule has 0 bridgehead atoms. The van der Waals surface area contributed by atoms with Gasteiger partial charge in [0.15, 0.2) is 0 Å². The minimum atomic E-state index is 0.591. The summed E-state index contributed by atoms with van der Waals surface area (Å²) in [5, 5.41) is 0. The van der Waals surface area contributed by atoms with Crippen molar-refractivity contribution in [1.82, 2.24) is 4.90 Å². The average molecular weight is 262 g/mol. The van der Waals surface area contributed by atoms with Crippen molar-refractivity contribution in [1.29, 1.82) is 0 Å².